The van der Waals surface area contributed by atoms with Crippen LogP contribution in [0, 0.1) is 0 Å². The lowest BCUT2D eigenvalue weighted by molar-refractivity contribution is 0.0689. The Labute approximate surface area is 103 Å². The van der Waals surface area contributed by atoms with Crippen molar-refractivity contribution in [1.82, 2.24) is 9.97 Å². The van der Waals surface area contributed by atoms with E-state index in [1.807, 2.05) is 0 Å². The zero-order valence-electron chi connectivity index (χ0n) is 9.28. The van der Waals surface area contributed by atoms with E-state index in [4.69, 9.17) is 14.9 Å². The van der Waals surface area contributed by atoms with Gasteiger partial charge in [0.2, 0.25) is 5.88 Å². The normalized spacial score (nSPS) is 10.1. The fraction of sp³-hybridized carbons (Fsp3) is 0.0833. The van der Waals surface area contributed by atoms with E-state index in [0.29, 0.717) is 5.75 Å². The van der Waals surface area contributed by atoms with Crippen molar-refractivity contribution < 1.29 is 19.7 Å². The first-order valence-electron chi connectivity index (χ1n) is 5.12. The van der Waals surface area contributed by atoms with E-state index < -0.39 is 5.97 Å². The Morgan fingerprint density at radius 2 is 1.94 bits per heavy atom. The van der Waals surface area contributed by atoms with E-state index in [1.54, 1.807) is 24.3 Å². The van der Waals surface area contributed by atoms with Gasteiger partial charge in [-0.25, -0.2) is 9.78 Å². The molecule has 1 heterocycles. The van der Waals surface area contributed by atoms with Gasteiger partial charge in [0.1, 0.15) is 5.75 Å². The largest absolute Gasteiger partial charge is 0.476 e. The molecule has 0 aliphatic carbocycles. The second-order valence-electron chi connectivity index (χ2n) is 3.45. The lowest BCUT2D eigenvalue weighted by Gasteiger charge is -2.05. The number of nitrogens with zero attached hydrogens (tertiary/aromatic N) is 2. The summed E-state index contributed by atoms with van der Waals surface area (Å²) in [5.41, 5.74) is 0.576. The van der Waals surface area contributed by atoms with Gasteiger partial charge in [0.05, 0.1) is 19.0 Å². The number of benzene rings is 1. The van der Waals surface area contributed by atoms with Gasteiger partial charge in [-0.15, -0.1) is 0 Å². The van der Waals surface area contributed by atoms with Crippen LogP contribution in [-0.4, -0.2) is 26.2 Å². The maximum atomic E-state index is 10.7. The molecule has 0 unspecified atom stereocenters. The highest BCUT2D eigenvalue weighted by atomic mass is 16.5. The van der Waals surface area contributed by atoms with E-state index >= 15 is 0 Å². The van der Waals surface area contributed by atoms with E-state index in [9.17, 15) is 4.79 Å². The van der Waals surface area contributed by atoms with E-state index in [2.05, 4.69) is 9.97 Å². The minimum absolute atomic E-state index is 0.0470. The van der Waals surface area contributed by atoms with Crippen LogP contribution in [0.2, 0.25) is 0 Å². The number of carboxylic acid groups (broad SMARTS) is 1. The summed E-state index contributed by atoms with van der Waals surface area (Å²) in [4.78, 5) is 18.2. The molecule has 0 fully saturated rings. The van der Waals surface area contributed by atoms with Gasteiger partial charge in [-0.3, -0.25) is 4.98 Å². The third kappa shape index (κ3) is 2.80. The molecule has 2 rings (SSSR count). The molecule has 6 heteroatoms. The van der Waals surface area contributed by atoms with Crippen molar-refractivity contribution in [2.75, 3.05) is 0 Å². The number of carbonyl (C=O) groups is 1. The molecular weight excluding hydrogens is 236 g/mol. The summed E-state index contributed by atoms with van der Waals surface area (Å²) in [6.07, 6.45) is 2.47. The topological polar surface area (TPSA) is 92.5 Å². The number of aliphatic hydroxyl groups is 1. The van der Waals surface area contributed by atoms with Crippen molar-refractivity contribution in [1.29, 1.82) is 0 Å². The van der Waals surface area contributed by atoms with Gasteiger partial charge in [-0.2, -0.15) is 0 Å². The fourth-order valence-corrected chi connectivity index (χ4v) is 1.28. The Balaban J connectivity index is 2.17. The number of rotatable bonds is 4. The Kier molecular flexibility index (Phi) is 3.49. The molecule has 2 aromatic rings. The average molecular weight is 246 g/mol. The summed E-state index contributed by atoms with van der Waals surface area (Å²) in [5.74, 6) is -0.570. The standard InChI is InChI=1S/C12H10N2O4/c15-7-8-1-3-9(4-2-8)18-11-6-13-5-10(14-11)12(16)17/h1-6,15H,7H2,(H,16,17). The average Bonchev–Trinajstić information content (AvgIpc) is 2.40. The number of aliphatic hydroxyl groups excluding tert-OH is 1. The van der Waals surface area contributed by atoms with Crippen molar-refractivity contribution in [3.8, 4) is 11.6 Å². The van der Waals surface area contributed by atoms with Crippen LogP contribution in [0.5, 0.6) is 11.6 Å². The van der Waals surface area contributed by atoms with Crippen LogP contribution in [0.4, 0.5) is 0 Å². The van der Waals surface area contributed by atoms with Crippen LogP contribution in [0.25, 0.3) is 0 Å². The number of aromatic carboxylic acids is 1. The summed E-state index contributed by atoms with van der Waals surface area (Å²) in [6, 6.07) is 6.70. The molecule has 18 heavy (non-hydrogen) atoms. The third-order valence-corrected chi connectivity index (χ3v) is 2.16. The zero-order valence-corrected chi connectivity index (χ0v) is 9.28. The highest BCUT2D eigenvalue weighted by molar-refractivity contribution is 5.84. The molecular formula is C12H10N2O4. The van der Waals surface area contributed by atoms with Crippen molar-refractivity contribution in [2.45, 2.75) is 6.61 Å². The Hall–Kier alpha value is -2.47. The minimum atomic E-state index is -1.16. The van der Waals surface area contributed by atoms with Crippen LogP contribution in [0.1, 0.15) is 16.1 Å². The smallest absolute Gasteiger partial charge is 0.356 e. The van der Waals surface area contributed by atoms with Crippen LogP contribution < -0.4 is 4.74 Å². The third-order valence-electron chi connectivity index (χ3n) is 2.16. The Morgan fingerprint density at radius 3 is 2.56 bits per heavy atom. The van der Waals surface area contributed by atoms with Gasteiger partial charge in [0.15, 0.2) is 5.69 Å². The first kappa shape index (κ1) is 12.0. The fourth-order valence-electron chi connectivity index (χ4n) is 1.28. The summed E-state index contributed by atoms with van der Waals surface area (Å²) < 4.78 is 5.35. The second kappa shape index (κ2) is 5.24. The maximum Gasteiger partial charge on any atom is 0.356 e. The van der Waals surface area contributed by atoms with E-state index in [1.165, 1.54) is 6.20 Å². The molecule has 0 atom stereocenters. The maximum absolute atomic E-state index is 10.7. The van der Waals surface area contributed by atoms with Crippen molar-refractivity contribution in [3.05, 3.63) is 47.9 Å². The van der Waals surface area contributed by atoms with Gasteiger partial charge in [0.25, 0.3) is 0 Å². The van der Waals surface area contributed by atoms with Crippen LogP contribution in [0.15, 0.2) is 36.7 Å². The number of aromatic nitrogens is 2. The number of carboxylic acids is 1. The molecule has 0 spiro atoms. The van der Waals surface area contributed by atoms with Crippen LogP contribution >= 0.6 is 0 Å². The summed E-state index contributed by atoms with van der Waals surface area (Å²) >= 11 is 0. The molecule has 92 valence electrons. The first-order valence-corrected chi connectivity index (χ1v) is 5.12. The zero-order chi connectivity index (χ0) is 13.0. The number of ether oxygens (including phenoxy) is 1. The highest BCUT2D eigenvalue weighted by Gasteiger charge is 2.07. The quantitative estimate of drug-likeness (QED) is 0.848. The van der Waals surface area contributed by atoms with Crippen molar-refractivity contribution in [3.63, 3.8) is 0 Å². The van der Waals surface area contributed by atoms with E-state index in [0.717, 1.165) is 11.8 Å². The molecule has 0 amide bonds. The molecule has 0 saturated carbocycles. The predicted molar refractivity (Wildman–Crippen MR) is 61.4 cm³/mol. The predicted octanol–water partition coefficient (Wildman–Crippen LogP) is 1.46. The van der Waals surface area contributed by atoms with Crippen molar-refractivity contribution in [2.24, 2.45) is 0 Å². The Morgan fingerprint density at radius 1 is 1.22 bits per heavy atom. The van der Waals surface area contributed by atoms with Gasteiger partial charge in [-0.05, 0) is 17.7 Å². The number of hydrogen-bond donors (Lipinski definition) is 2. The van der Waals surface area contributed by atoms with Gasteiger partial charge in [-0.1, -0.05) is 12.1 Å². The van der Waals surface area contributed by atoms with Gasteiger partial charge < -0.3 is 14.9 Å². The molecule has 0 aliphatic rings. The molecule has 0 radical (unpaired) electrons. The minimum Gasteiger partial charge on any atom is -0.476 e. The summed E-state index contributed by atoms with van der Waals surface area (Å²) in [7, 11) is 0. The van der Waals surface area contributed by atoms with Gasteiger partial charge >= 0.3 is 5.97 Å². The molecule has 2 N–H and O–H groups in total. The molecule has 6 nitrogen and oxygen atoms in total. The molecule has 1 aromatic carbocycles. The highest BCUT2D eigenvalue weighted by Crippen LogP contribution is 2.19. The Bertz CT molecular complexity index is 554. The SMILES string of the molecule is O=C(O)c1cncc(Oc2ccc(CO)cc2)n1. The van der Waals surface area contributed by atoms with Crippen LogP contribution in [-0.2, 0) is 6.61 Å². The summed E-state index contributed by atoms with van der Waals surface area (Å²) in [6.45, 7) is -0.0470. The van der Waals surface area contributed by atoms with E-state index in [-0.39, 0.29) is 18.2 Å². The van der Waals surface area contributed by atoms with Crippen molar-refractivity contribution >= 4 is 5.97 Å². The lowest BCUT2D eigenvalue weighted by atomic mass is 10.2. The van der Waals surface area contributed by atoms with Gasteiger partial charge in [0, 0.05) is 0 Å². The first-order chi connectivity index (χ1) is 8.69. The summed E-state index contributed by atoms with van der Waals surface area (Å²) in [5, 5.41) is 17.6. The second-order valence-corrected chi connectivity index (χ2v) is 3.45. The molecule has 0 bridgehead atoms. The molecule has 0 aliphatic heterocycles. The van der Waals surface area contributed by atoms with Crippen LogP contribution in [0.3, 0.4) is 0 Å². The lowest BCUT2D eigenvalue weighted by Crippen LogP contribution is -2.02. The monoisotopic (exact) mass is 246 g/mol. The molecule has 1 aromatic heterocycles. The molecule has 0 saturated heterocycles. The number of hydrogen-bond acceptors (Lipinski definition) is 5.